The van der Waals surface area contributed by atoms with Gasteiger partial charge in [-0.25, -0.2) is 9.59 Å². The third-order valence-corrected chi connectivity index (χ3v) is 1.40. The van der Waals surface area contributed by atoms with Crippen LogP contribution in [-0.4, -0.2) is 28.7 Å². The van der Waals surface area contributed by atoms with E-state index in [0.717, 1.165) is 4.57 Å². The van der Waals surface area contributed by atoms with E-state index in [-0.39, 0.29) is 5.69 Å². The van der Waals surface area contributed by atoms with Gasteiger partial charge in [-0.2, -0.15) is 0 Å². The molecule has 5 nitrogen and oxygen atoms in total. The highest BCUT2D eigenvalue weighted by Gasteiger charge is 2.12. The van der Waals surface area contributed by atoms with Crippen LogP contribution in [0.15, 0.2) is 18.3 Å². The van der Waals surface area contributed by atoms with Crippen molar-refractivity contribution < 1.29 is 14.7 Å². The van der Waals surface area contributed by atoms with Crippen LogP contribution in [0.1, 0.15) is 10.5 Å². The molecule has 0 radical (unpaired) electrons. The number of carbonyl (C=O) groups is 2. The first kappa shape index (κ1) is 8.32. The number of amides is 1. The molecule has 1 amide bonds. The summed E-state index contributed by atoms with van der Waals surface area (Å²) in [4.78, 5) is 21.5. The van der Waals surface area contributed by atoms with Crippen molar-refractivity contribution in [2.24, 2.45) is 0 Å². The Morgan fingerprint density at radius 2 is 2.25 bits per heavy atom. The molecule has 1 heterocycles. The first-order valence-corrected chi connectivity index (χ1v) is 3.29. The number of hydrogen-bond acceptors (Lipinski definition) is 2. The first-order chi connectivity index (χ1) is 5.66. The molecule has 0 atom stereocenters. The van der Waals surface area contributed by atoms with Crippen LogP contribution in [0.2, 0.25) is 0 Å². The van der Waals surface area contributed by atoms with Crippen LogP contribution < -0.4 is 5.32 Å². The molecule has 12 heavy (non-hydrogen) atoms. The standard InChI is InChI=1S/C7H8N2O3/c1-8-7(12)9-4-2-3-5(9)6(10)11/h2-4H,1H3,(H,8,12)(H,10,11). The summed E-state index contributed by atoms with van der Waals surface area (Å²) in [5.41, 5.74) is -0.0469. The quantitative estimate of drug-likeness (QED) is 0.636. The van der Waals surface area contributed by atoms with Crippen molar-refractivity contribution in [1.82, 2.24) is 9.88 Å². The number of nitrogens with zero attached hydrogens (tertiary/aromatic N) is 1. The predicted molar refractivity (Wildman–Crippen MR) is 41.2 cm³/mol. The predicted octanol–water partition coefficient (Wildman–Crippen LogP) is 0.374. The van der Waals surface area contributed by atoms with Gasteiger partial charge < -0.3 is 10.4 Å². The fraction of sp³-hybridized carbons (Fsp3) is 0.143. The number of nitrogens with one attached hydrogen (secondary N) is 1. The maximum Gasteiger partial charge on any atom is 0.353 e. The van der Waals surface area contributed by atoms with Crippen molar-refractivity contribution >= 4 is 12.0 Å². The van der Waals surface area contributed by atoms with Gasteiger partial charge in [0.15, 0.2) is 0 Å². The largest absolute Gasteiger partial charge is 0.477 e. The van der Waals surface area contributed by atoms with Crippen LogP contribution in [0.25, 0.3) is 0 Å². The molecule has 0 aliphatic carbocycles. The molecule has 0 fully saturated rings. The second-order valence-electron chi connectivity index (χ2n) is 2.12. The van der Waals surface area contributed by atoms with Gasteiger partial charge in [0, 0.05) is 13.2 Å². The Morgan fingerprint density at radius 1 is 1.58 bits per heavy atom. The van der Waals surface area contributed by atoms with Crippen LogP contribution in [-0.2, 0) is 0 Å². The van der Waals surface area contributed by atoms with Crippen LogP contribution in [0.4, 0.5) is 4.79 Å². The molecule has 2 N–H and O–H groups in total. The molecule has 1 aromatic heterocycles. The number of carbonyl (C=O) groups excluding carboxylic acids is 1. The second-order valence-corrected chi connectivity index (χ2v) is 2.12. The summed E-state index contributed by atoms with van der Waals surface area (Å²) in [6.07, 6.45) is 1.39. The molecule has 1 aromatic rings. The molecule has 0 bridgehead atoms. The smallest absolute Gasteiger partial charge is 0.353 e. The zero-order chi connectivity index (χ0) is 9.14. The van der Waals surface area contributed by atoms with Crippen molar-refractivity contribution in [3.05, 3.63) is 24.0 Å². The Balaban J connectivity index is 3.07. The van der Waals surface area contributed by atoms with Crippen molar-refractivity contribution in [2.75, 3.05) is 7.05 Å². The second kappa shape index (κ2) is 3.08. The molecule has 1 rings (SSSR count). The molecule has 0 saturated heterocycles. The maximum absolute atomic E-state index is 11.0. The molecule has 0 spiro atoms. The van der Waals surface area contributed by atoms with E-state index in [2.05, 4.69) is 5.32 Å². The molecule has 0 unspecified atom stereocenters. The Kier molecular flexibility index (Phi) is 2.14. The third-order valence-electron chi connectivity index (χ3n) is 1.40. The van der Waals surface area contributed by atoms with E-state index >= 15 is 0 Å². The minimum Gasteiger partial charge on any atom is -0.477 e. The molecule has 0 aliphatic rings. The lowest BCUT2D eigenvalue weighted by Crippen LogP contribution is -2.26. The lowest BCUT2D eigenvalue weighted by Gasteiger charge is -2.02. The van der Waals surface area contributed by atoms with Crippen molar-refractivity contribution in [1.29, 1.82) is 0 Å². The van der Waals surface area contributed by atoms with Crippen molar-refractivity contribution in [3.63, 3.8) is 0 Å². The van der Waals surface area contributed by atoms with Gasteiger partial charge in [-0.15, -0.1) is 0 Å². The van der Waals surface area contributed by atoms with Gasteiger partial charge in [0.05, 0.1) is 0 Å². The Morgan fingerprint density at radius 3 is 2.75 bits per heavy atom. The maximum atomic E-state index is 11.0. The van der Waals surface area contributed by atoms with Gasteiger partial charge >= 0.3 is 12.0 Å². The van der Waals surface area contributed by atoms with Crippen molar-refractivity contribution in [2.45, 2.75) is 0 Å². The zero-order valence-electron chi connectivity index (χ0n) is 6.44. The molecule has 64 valence electrons. The summed E-state index contributed by atoms with van der Waals surface area (Å²) >= 11 is 0. The molecular weight excluding hydrogens is 160 g/mol. The number of carboxylic acids is 1. The van der Waals surface area contributed by atoms with E-state index in [0.29, 0.717) is 0 Å². The minimum atomic E-state index is -1.12. The van der Waals surface area contributed by atoms with Gasteiger partial charge in [0.25, 0.3) is 0 Å². The van der Waals surface area contributed by atoms with Gasteiger partial charge in [0.1, 0.15) is 5.69 Å². The van der Waals surface area contributed by atoms with E-state index in [4.69, 9.17) is 5.11 Å². The molecule has 0 aromatic carbocycles. The Bertz CT molecular complexity index is 316. The first-order valence-electron chi connectivity index (χ1n) is 3.29. The summed E-state index contributed by atoms with van der Waals surface area (Å²) in [5, 5.41) is 10.9. The highest BCUT2D eigenvalue weighted by molar-refractivity contribution is 5.91. The summed E-state index contributed by atoms with van der Waals surface area (Å²) in [6, 6.07) is 2.40. The fourth-order valence-electron chi connectivity index (χ4n) is 0.853. The topological polar surface area (TPSA) is 71.3 Å². The summed E-state index contributed by atoms with van der Waals surface area (Å²) < 4.78 is 1.03. The number of hydrogen-bond donors (Lipinski definition) is 2. The zero-order valence-corrected chi connectivity index (χ0v) is 6.44. The molecule has 0 aliphatic heterocycles. The van der Waals surface area contributed by atoms with E-state index in [1.807, 2.05) is 0 Å². The normalized spacial score (nSPS) is 9.42. The van der Waals surface area contributed by atoms with Gasteiger partial charge in [-0.1, -0.05) is 0 Å². The summed E-state index contributed by atoms with van der Waals surface area (Å²) in [6.45, 7) is 0. The van der Waals surface area contributed by atoms with Crippen LogP contribution >= 0.6 is 0 Å². The van der Waals surface area contributed by atoms with Gasteiger partial charge in [-0.3, -0.25) is 4.57 Å². The number of rotatable bonds is 1. The van der Waals surface area contributed by atoms with Crippen LogP contribution in [0.3, 0.4) is 0 Å². The van der Waals surface area contributed by atoms with Crippen LogP contribution in [0, 0.1) is 0 Å². The summed E-state index contributed by atoms with van der Waals surface area (Å²) in [7, 11) is 1.44. The Hall–Kier alpha value is -1.78. The molecule has 0 saturated carbocycles. The molecule has 5 heteroatoms. The minimum absolute atomic E-state index is 0.0469. The monoisotopic (exact) mass is 168 g/mol. The summed E-state index contributed by atoms with van der Waals surface area (Å²) in [5.74, 6) is -1.12. The van der Waals surface area contributed by atoms with Gasteiger partial charge in [0.2, 0.25) is 0 Å². The number of aromatic nitrogens is 1. The molecular formula is C7H8N2O3. The van der Waals surface area contributed by atoms with E-state index < -0.39 is 12.0 Å². The highest BCUT2D eigenvalue weighted by Crippen LogP contribution is 2.00. The number of aromatic carboxylic acids is 1. The highest BCUT2D eigenvalue weighted by atomic mass is 16.4. The van der Waals surface area contributed by atoms with Gasteiger partial charge in [-0.05, 0) is 12.1 Å². The lowest BCUT2D eigenvalue weighted by molar-refractivity contribution is 0.0687. The van der Waals surface area contributed by atoms with Crippen molar-refractivity contribution in [3.8, 4) is 0 Å². The fourth-order valence-corrected chi connectivity index (χ4v) is 0.853. The lowest BCUT2D eigenvalue weighted by atomic mass is 10.4. The van der Waals surface area contributed by atoms with Crippen LogP contribution in [0.5, 0.6) is 0 Å². The SMILES string of the molecule is CNC(=O)n1cccc1C(=O)O. The van der Waals surface area contributed by atoms with E-state index in [9.17, 15) is 9.59 Å². The average molecular weight is 168 g/mol. The third kappa shape index (κ3) is 1.29. The van der Waals surface area contributed by atoms with E-state index in [1.54, 1.807) is 0 Å². The van der Waals surface area contributed by atoms with E-state index in [1.165, 1.54) is 25.4 Å². The average Bonchev–Trinajstić information content (AvgIpc) is 2.50. The number of carboxylic acid groups (broad SMARTS) is 1. The Labute approximate surface area is 68.6 Å².